The molecular formula is C17H22N2O3S. The highest BCUT2D eigenvalue weighted by Crippen LogP contribution is 2.27. The summed E-state index contributed by atoms with van der Waals surface area (Å²) < 4.78 is 27.1. The second-order valence-electron chi connectivity index (χ2n) is 6.29. The maximum Gasteiger partial charge on any atom is 0.243 e. The van der Waals surface area contributed by atoms with Gasteiger partial charge in [-0.3, -0.25) is 4.79 Å². The monoisotopic (exact) mass is 334 g/mol. The van der Waals surface area contributed by atoms with Gasteiger partial charge in [0.2, 0.25) is 15.9 Å². The molecular weight excluding hydrogens is 312 g/mol. The number of anilines is 1. The number of hydrogen-bond acceptors (Lipinski definition) is 3. The predicted molar refractivity (Wildman–Crippen MR) is 89.8 cm³/mol. The maximum absolute atomic E-state index is 12.8. The van der Waals surface area contributed by atoms with Gasteiger partial charge in [-0.2, -0.15) is 4.31 Å². The summed E-state index contributed by atoms with van der Waals surface area (Å²) in [6.45, 7) is 5.74. The fourth-order valence-corrected chi connectivity index (χ4v) is 4.53. The van der Waals surface area contributed by atoms with Gasteiger partial charge in [-0.15, -0.1) is 0 Å². The van der Waals surface area contributed by atoms with E-state index in [2.05, 4.69) is 6.92 Å². The van der Waals surface area contributed by atoms with Crippen LogP contribution >= 0.6 is 0 Å². The Balaban J connectivity index is 1.82. The van der Waals surface area contributed by atoms with E-state index in [0.717, 1.165) is 24.1 Å². The molecule has 0 atom stereocenters. The summed E-state index contributed by atoms with van der Waals surface area (Å²) in [6.07, 6.45) is 2.21. The Hall–Kier alpha value is -1.66. The van der Waals surface area contributed by atoms with E-state index in [4.69, 9.17) is 0 Å². The van der Waals surface area contributed by atoms with E-state index >= 15 is 0 Å². The fraction of sp³-hybridized carbons (Fsp3) is 0.471. The third-order valence-corrected chi connectivity index (χ3v) is 6.60. The lowest BCUT2D eigenvalue weighted by molar-refractivity contribution is -0.117. The number of nitrogens with zero attached hydrogens (tertiary/aromatic N) is 2. The number of benzene rings is 1. The molecule has 1 aromatic carbocycles. The third kappa shape index (κ3) is 3.05. The molecule has 1 aromatic rings. The van der Waals surface area contributed by atoms with Crippen molar-refractivity contribution in [2.24, 2.45) is 0 Å². The fourth-order valence-electron chi connectivity index (χ4n) is 3.06. The van der Waals surface area contributed by atoms with Crippen molar-refractivity contribution in [3.63, 3.8) is 0 Å². The molecule has 2 aliphatic heterocycles. The zero-order valence-corrected chi connectivity index (χ0v) is 14.4. The molecule has 0 spiro atoms. The van der Waals surface area contributed by atoms with Crippen LogP contribution in [-0.4, -0.2) is 38.3 Å². The minimum absolute atomic E-state index is 0.105. The highest BCUT2D eigenvalue weighted by Gasteiger charge is 2.28. The van der Waals surface area contributed by atoms with E-state index in [9.17, 15) is 13.2 Å². The van der Waals surface area contributed by atoms with Gasteiger partial charge in [-0.1, -0.05) is 11.1 Å². The molecule has 1 amide bonds. The van der Waals surface area contributed by atoms with Gasteiger partial charge < -0.3 is 4.90 Å². The van der Waals surface area contributed by atoms with Crippen LogP contribution in [-0.2, 0) is 14.8 Å². The first-order chi connectivity index (χ1) is 10.9. The molecule has 5 nitrogen and oxygen atoms in total. The molecule has 2 heterocycles. The molecule has 23 heavy (non-hydrogen) atoms. The Bertz CT molecular complexity index is 751. The summed E-state index contributed by atoms with van der Waals surface area (Å²) in [4.78, 5) is 13.8. The summed E-state index contributed by atoms with van der Waals surface area (Å²) >= 11 is 0. The summed E-state index contributed by atoms with van der Waals surface area (Å²) in [5.41, 5.74) is 3.18. The molecule has 1 saturated heterocycles. The summed E-state index contributed by atoms with van der Waals surface area (Å²) in [6, 6.07) is 6.68. The first-order valence-corrected chi connectivity index (χ1v) is 9.39. The van der Waals surface area contributed by atoms with Crippen molar-refractivity contribution in [1.29, 1.82) is 0 Å². The van der Waals surface area contributed by atoms with Crippen LogP contribution in [0, 0.1) is 0 Å². The molecule has 6 heteroatoms. The van der Waals surface area contributed by atoms with E-state index in [1.165, 1.54) is 9.88 Å². The molecule has 0 aromatic heterocycles. The molecule has 0 aliphatic carbocycles. The van der Waals surface area contributed by atoms with Gasteiger partial charge >= 0.3 is 0 Å². The van der Waals surface area contributed by atoms with E-state index < -0.39 is 10.0 Å². The number of amides is 1. The smallest absolute Gasteiger partial charge is 0.243 e. The number of sulfonamides is 1. The van der Waals surface area contributed by atoms with Crippen LogP contribution in [0.15, 0.2) is 40.3 Å². The number of hydrogen-bond donors (Lipinski definition) is 0. The lowest BCUT2D eigenvalue weighted by atomic mass is 10.1. The van der Waals surface area contributed by atoms with Crippen molar-refractivity contribution in [3.05, 3.63) is 35.4 Å². The second-order valence-corrected chi connectivity index (χ2v) is 8.23. The topological polar surface area (TPSA) is 57.7 Å². The van der Waals surface area contributed by atoms with Gasteiger partial charge in [0.05, 0.1) is 4.90 Å². The van der Waals surface area contributed by atoms with Gasteiger partial charge in [-0.25, -0.2) is 8.42 Å². The summed E-state index contributed by atoms with van der Waals surface area (Å²) in [5, 5.41) is 0. The second kappa shape index (κ2) is 6.09. The molecule has 0 saturated carbocycles. The standard InChI is InChI=1S/C17H22N2O3S/c1-13-9-11-18(12-14(13)2)23(21,22)16-7-5-15(6-8-16)19-10-3-4-17(19)20/h5-8H,3-4,9-12H2,1-2H3. The zero-order chi connectivity index (χ0) is 16.6. The SMILES string of the molecule is CC1=C(C)CN(S(=O)(=O)c2ccc(N3CCCC3=O)cc2)CC1. The third-order valence-electron chi connectivity index (χ3n) is 4.74. The molecule has 0 bridgehead atoms. The molecule has 0 N–H and O–H groups in total. The van der Waals surface area contributed by atoms with E-state index in [1.54, 1.807) is 29.2 Å². The van der Waals surface area contributed by atoms with Crippen LogP contribution in [0.5, 0.6) is 0 Å². The average Bonchev–Trinajstić information content (AvgIpc) is 2.96. The average molecular weight is 334 g/mol. The van der Waals surface area contributed by atoms with Crippen molar-refractivity contribution < 1.29 is 13.2 Å². The van der Waals surface area contributed by atoms with Gasteiger partial charge in [0.15, 0.2) is 0 Å². The van der Waals surface area contributed by atoms with E-state index in [0.29, 0.717) is 31.0 Å². The van der Waals surface area contributed by atoms with Crippen molar-refractivity contribution in [3.8, 4) is 0 Å². The Morgan fingerprint density at radius 3 is 2.22 bits per heavy atom. The predicted octanol–water partition coefficient (Wildman–Crippen LogP) is 2.54. The van der Waals surface area contributed by atoms with Gasteiger partial charge in [0, 0.05) is 31.7 Å². The zero-order valence-electron chi connectivity index (χ0n) is 13.6. The van der Waals surface area contributed by atoms with E-state index in [-0.39, 0.29) is 5.91 Å². The maximum atomic E-state index is 12.8. The molecule has 2 aliphatic rings. The Morgan fingerprint density at radius 1 is 0.957 bits per heavy atom. The van der Waals surface area contributed by atoms with Crippen LogP contribution < -0.4 is 4.90 Å². The quantitative estimate of drug-likeness (QED) is 0.798. The Morgan fingerprint density at radius 2 is 1.65 bits per heavy atom. The van der Waals surface area contributed by atoms with Crippen molar-refractivity contribution >= 4 is 21.6 Å². The highest BCUT2D eigenvalue weighted by molar-refractivity contribution is 7.89. The first-order valence-electron chi connectivity index (χ1n) is 7.95. The normalized spacial score (nSPS) is 20.4. The minimum atomic E-state index is -3.48. The van der Waals surface area contributed by atoms with Crippen LogP contribution in [0.2, 0.25) is 0 Å². The lowest BCUT2D eigenvalue weighted by Crippen LogP contribution is -2.36. The van der Waals surface area contributed by atoms with Crippen molar-refractivity contribution in [2.45, 2.75) is 38.0 Å². The largest absolute Gasteiger partial charge is 0.312 e. The van der Waals surface area contributed by atoms with Gasteiger partial charge in [-0.05, 0) is 51.0 Å². The molecule has 3 rings (SSSR count). The summed E-state index contributed by atoms with van der Waals surface area (Å²) in [5.74, 6) is 0.105. The number of rotatable bonds is 3. The van der Waals surface area contributed by atoms with Crippen LogP contribution in [0.25, 0.3) is 0 Å². The molecule has 124 valence electrons. The van der Waals surface area contributed by atoms with Crippen molar-refractivity contribution in [1.82, 2.24) is 4.31 Å². The van der Waals surface area contributed by atoms with Crippen molar-refractivity contribution in [2.75, 3.05) is 24.5 Å². The van der Waals surface area contributed by atoms with Gasteiger partial charge in [0.25, 0.3) is 0 Å². The Labute approximate surface area is 137 Å². The van der Waals surface area contributed by atoms with Crippen LogP contribution in [0.4, 0.5) is 5.69 Å². The highest BCUT2D eigenvalue weighted by atomic mass is 32.2. The Kier molecular flexibility index (Phi) is 4.29. The van der Waals surface area contributed by atoms with Crippen LogP contribution in [0.3, 0.4) is 0 Å². The number of carbonyl (C=O) groups excluding carboxylic acids is 1. The first kappa shape index (κ1) is 16.2. The molecule has 0 radical (unpaired) electrons. The van der Waals surface area contributed by atoms with Crippen LogP contribution in [0.1, 0.15) is 33.1 Å². The number of carbonyl (C=O) groups is 1. The van der Waals surface area contributed by atoms with Gasteiger partial charge in [0.1, 0.15) is 0 Å². The molecule has 0 unspecified atom stereocenters. The lowest BCUT2D eigenvalue weighted by Gasteiger charge is -2.28. The minimum Gasteiger partial charge on any atom is -0.312 e. The summed E-state index contributed by atoms with van der Waals surface area (Å²) in [7, 11) is -3.48. The van der Waals surface area contributed by atoms with E-state index in [1.807, 2.05) is 6.92 Å². The molecule has 1 fully saturated rings.